The van der Waals surface area contributed by atoms with E-state index < -0.39 is 0 Å². The predicted octanol–water partition coefficient (Wildman–Crippen LogP) is 5.76. The lowest BCUT2D eigenvalue weighted by molar-refractivity contribution is 0.923. The molecule has 0 unspecified atom stereocenters. The van der Waals surface area contributed by atoms with Crippen LogP contribution in [0.1, 0.15) is 33.4 Å². The van der Waals surface area contributed by atoms with E-state index in [1.807, 2.05) is 0 Å². The van der Waals surface area contributed by atoms with Gasteiger partial charge < -0.3 is 16.0 Å². The van der Waals surface area contributed by atoms with Gasteiger partial charge in [-0.15, -0.1) is 0 Å². The van der Waals surface area contributed by atoms with Gasteiger partial charge in [0.2, 0.25) is 17.8 Å². The Hall–Kier alpha value is -3.93. The average molecular weight is 481 g/mol. The molecule has 1 heterocycles. The molecule has 4 rings (SSSR count). The van der Waals surface area contributed by atoms with E-state index >= 15 is 0 Å². The molecule has 0 fully saturated rings. The zero-order chi connectivity index (χ0) is 25.2. The first-order valence-corrected chi connectivity index (χ1v) is 12.7. The summed E-state index contributed by atoms with van der Waals surface area (Å²) in [5.41, 5.74) is 7.67. The van der Waals surface area contributed by atoms with Gasteiger partial charge in [-0.3, -0.25) is 0 Å². The van der Waals surface area contributed by atoms with E-state index in [2.05, 4.69) is 124 Å². The molecule has 0 spiro atoms. The second kappa shape index (κ2) is 12.7. The maximum absolute atomic E-state index is 4.62. The maximum Gasteiger partial charge on any atom is 0.229 e. The van der Waals surface area contributed by atoms with Gasteiger partial charge in [0.15, 0.2) is 0 Å². The summed E-state index contributed by atoms with van der Waals surface area (Å²) < 4.78 is 0. The summed E-state index contributed by atoms with van der Waals surface area (Å²) in [4.78, 5) is 13.8. The van der Waals surface area contributed by atoms with Gasteiger partial charge in [-0.05, 0) is 56.7 Å². The molecule has 1 aromatic heterocycles. The Bertz CT molecular complexity index is 1050. The number of nitrogens with zero attached hydrogens (tertiary/aromatic N) is 3. The van der Waals surface area contributed by atoms with Crippen LogP contribution in [-0.4, -0.2) is 34.6 Å². The van der Waals surface area contributed by atoms with Crippen molar-refractivity contribution >= 4 is 17.8 Å². The van der Waals surface area contributed by atoms with Crippen molar-refractivity contribution in [3.63, 3.8) is 0 Å². The monoisotopic (exact) mass is 480 g/mol. The van der Waals surface area contributed by atoms with Gasteiger partial charge in [0, 0.05) is 19.6 Å². The summed E-state index contributed by atoms with van der Waals surface area (Å²) in [5.74, 6) is 1.73. The van der Waals surface area contributed by atoms with Crippen molar-refractivity contribution in [1.82, 2.24) is 15.0 Å². The number of aryl methyl sites for hydroxylation is 3. The molecule has 0 aliphatic rings. The van der Waals surface area contributed by atoms with Crippen LogP contribution in [0.25, 0.3) is 0 Å². The maximum atomic E-state index is 4.62. The SMILES string of the molecule is Cc1ccc(CCNc2nc(NCCc3ccc(C)cc3)nc(NCCc3ccc(C)cc3)n2)cc1. The van der Waals surface area contributed by atoms with Gasteiger partial charge in [-0.25, -0.2) is 0 Å². The van der Waals surface area contributed by atoms with Crippen LogP contribution >= 0.6 is 0 Å². The van der Waals surface area contributed by atoms with Gasteiger partial charge in [-0.1, -0.05) is 89.5 Å². The van der Waals surface area contributed by atoms with Crippen molar-refractivity contribution < 1.29 is 0 Å². The van der Waals surface area contributed by atoms with Gasteiger partial charge in [0.1, 0.15) is 0 Å². The molecule has 0 radical (unpaired) electrons. The van der Waals surface area contributed by atoms with Crippen LogP contribution < -0.4 is 16.0 Å². The normalized spacial score (nSPS) is 10.8. The molecular weight excluding hydrogens is 444 g/mol. The third kappa shape index (κ3) is 8.08. The molecule has 0 aliphatic heterocycles. The minimum atomic E-state index is 0.577. The van der Waals surface area contributed by atoms with E-state index in [4.69, 9.17) is 0 Å². The molecule has 6 nitrogen and oxygen atoms in total. The predicted molar refractivity (Wildman–Crippen MR) is 150 cm³/mol. The number of nitrogens with one attached hydrogen (secondary N) is 3. The Morgan fingerprint density at radius 2 is 0.667 bits per heavy atom. The van der Waals surface area contributed by atoms with E-state index in [0.717, 1.165) is 38.9 Å². The molecule has 0 aliphatic carbocycles. The summed E-state index contributed by atoms with van der Waals surface area (Å²) in [7, 11) is 0. The summed E-state index contributed by atoms with van der Waals surface area (Å²) >= 11 is 0. The lowest BCUT2D eigenvalue weighted by Gasteiger charge is -2.12. The molecular formula is C30H36N6. The molecule has 4 aromatic rings. The highest BCUT2D eigenvalue weighted by molar-refractivity contribution is 5.42. The second-order valence-corrected chi connectivity index (χ2v) is 9.29. The number of benzene rings is 3. The zero-order valence-corrected chi connectivity index (χ0v) is 21.5. The molecule has 6 heteroatoms. The van der Waals surface area contributed by atoms with Crippen LogP contribution in [0.2, 0.25) is 0 Å². The Morgan fingerprint density at radius 3 is 0.917 bits per heavy atom. The first-order valence-electron chi connectivity index (χ1n) is 12.7. The Morgan fingerprint density at radius 1 is 0.417 bits per heavy atom. The number of anilines is 3. The van der Waals surface area contributed by atoms with Gasteiger partial charge in [-0.2, -0.15) is 15.0 Å². The molecule has 3 N–H and O–H groups in total. The number of hydrogen-bond donors (Lipinski definition) is 3. The van der Waals surface area contributed by atoms with E-state index in [0.29, 0.717) is 17.8 Å². The number of aromatic nitrogens is 3. The minimum Gasteiger partial charge on any atom is -0.354 e. The lowest BCUT2D eigenvalue weighted by Crippen LogP contribution is -2.16. The van der Waals surface area contributed by atoms with Crippen LogP contribution in [0.4, 0.5) is 17.8 Å². The summed E-state index contributed by atoms with van der Waals surface area (Å²) in [6.07, 6.45) is 2.70. The fourth-order valence-corrected chi connectivity index (χ4v) is 3.83. The van der Waals surface area contributed by atoms with Crippen molar-refractivity contribution in [2.24, 2.45) is 0 Å². The molecule has 0 atom stereocenters. The second-order valence-electron chi connectivity index (χ2n) is 9.29. The largest absolute Gasteiger partial charge is 0.354 e. The molecule has 0 saturated heterocycles. The first kappa shape index (κ1) is 25.2. The van der Waals surface area contributed by atoms with Crippen LogP contribution in [0.15, 0.2) is 72.8 Å². The third-order valence-electron chi connectivity index (χ3n) is 6.09. The smallest absolute Gasteiger partial charge is 0.229 e. The summed E-state index contributed by atoms with van der Waals surface area (Å²) in [6, 6.07) is 25.9. The van der Waals surface area contributed by atoms with E-state index in [-0.39, 0.29) is 0 Å². The van der Waals surface area contributed by atoms with Crippen molar-refractivity contribution in [2.45, 2.75) is 40.0 Å². The summed E-state index contributed by atoms with van der Waals surface area (Å²) in [6.45, 7) is 8.56. The van der Waals surface area contributed by atoms with Crippen LogP contribution in [0.3, 0.4) is 0 Å². The fraction of sp³-hybridized carbons (Fsp3) is 0.300. The third-order valence-corrected chi connectivity index (χ3v) is 6.09. The number of rotatable bonds is 12. The van der Waals surface area contributed by atoms with Crippen molar-refractivity contribution in [3.05, 3.63) is 106 Å². The van der Waals surface area contributed by atoms with Crippen molar-refractivity contribution in [3.8, 4) is 0 Å². The van der Waals surface area contributed by atoms with Crippen molar-refractivity contribution in [1.29, 1.82) is 0 Å². The van der Waals surface area contributed by atoms with Crippen LogP contribution in [0.5, 0.6) is 0 Å². The highest BCUT2D eigenvalue weighted by Crippen LogP contribution is 2.12. The van der Waals surface area contributed by atoms with Crippen LogP contribution in [-0.2, 0) is 19.3 Å². The molecule has 0 bridgehead atoms. The quantitative estimate of drug-likeness (QED) is 0.239. The van der Waals surface area contributed by atoms with Crippen molar-refractivity contribution in [2.75, 3.05) is 35.6 Å². The minimum absolute atomic E-state index is 0.577. The lowest BCUT2D eigenvalue weighted by atomic mass is 10.1. The molecule has 36 heavy (non-hydrogen) atoms. The number of hydrogen-bond acceptors (Lipinski definition) is 6. The Labute approximate surface area is 214 Å². The standard InChI is InChI=1S/C30H36N6/c1-22-4-10-25(11-5-22)16-19-31-28-34-29(32-20-17-26-12-6-23(2)7-13-26)36-30(35-28)33-21-18-27-14-8-24(3)9-15-27/h4-15H,16-21H2,1-3H3,(H3,31,32,33,34,35,36). The van der Waals surface area contributed by atoms with Gasteiger partial charge in [0.05, 0.1) is 0 Å². The van der Waals surface area contributed by atoms with E-state index in [1.54, 1.807) is 0 Å². The van der Waals surface area contributed by atoms with E-state index in [1.165, 1.54) is 33.4 Å². The molecule has 0 amide bonds. The topological polar surface area (TPSA) is 74.8 Å². The first-order chi connectivity index (χ1) is 17.5. The molecule has 3 aromatic carbocycles. The summed E-state index contributed by atoms with van der Waals surface area (Å²) in [5, 5.41) is 10.1. The average Bonchev–Trinajstić information content (AvgIpc) is 2.88. The molecule has 0 saturated carbocycles. The highest BCUT2D eigenvalue weighted by atomic mass is 15.3. The van der Waals surface area contributed by atoms with Gasteiger partial charge in [0.25, 0.3) is 0 Å². The Kier molecular flexibility index (Phi) is 8.87. The van der Waals surface area contributed by atoms with Gasteiger partial charge >= 0.3 is 0 Å². The fourth-order valence-electron chi connectivity index (χ4n) is 3.83. The highest BCUT2D eigenvalue weighted by Gasteiger charge is 2.07. The zero-order valence-electron chi connectivity index (χ0n) is 21.5. The molecule has 186 valence electrons. The Balaban J connectivity index is 1.37. The van der Waals surface area contributed by atoms with E-state index in [9.17, 15) is 0 Å². The van der Waals surface area contributed by atoms with Crippen LogP contribution in [0, 0.1) is 20.8 Å².